The van der Waals surface area contributed by atoms with E-state index in [1.807, 2.05) is 13.0 Å². The summed E-state index contributed by atoms with van der Waals surface area (Å²) in [6, 6.07) is 5.11. The number of nitrogens with two attached hydrogens (primary N) is 1. The lowest BCUT2D eigenvalue weighted by Crippen LogP contribution is -2.35. The normalized spacial score (nSPS) is 19.7. The Morgan fingerprint density at radius 3 is 2.83 bits per heavy atom. The van der Waals surface area contributed by atoms with Gasteiger partial charge in [-0.15, -0.1) is 0 Å². The van der Waals surface area contributed by atoms with Gasteiger partial charge in [-0.25, -0.2) is 12.7 Å². The molecule has 1 aliphatic heterocycles. The Bertz CT molecular complexity index is 694. The molecule has 3 N–H and O–H groups in total. The minimum Gasteiger partial charge on any atom is -0.370 e. The van der Waals surface area contributed by atoms with Gasteiger partial charge in [0.25, 0.3) is 0 Å². The summed E-state index contributed by atoms with van der Waals surface area (Å²) < 4.78 is 24.8. The molecule has 0 amide bonds. The number of benzene rings is 1. The molecule has 6 nitrogen and oxygen atoms in total. The third-order valence-corrected chi connectivity index (χ3v) is 6.15. The number of sulfonamides is 1. The largest absolute Gasteiger partial charge is 0.370 e. The zero-order chi connectivity index (χ0) is 17.0. The fraction of sp³-hybridized carbons (Fsp3) is 0.500. The molecule has 1 heterocycles. The van der Waals surface area contributed by atoms with Crippen molar-refractivity contribution < 1.29 is 8.42 Å². The Hall–Kier alpha value is -1.02. The minimum absolute atomic E-state index is 0.140. The maximum atomic E-state index is 11.7. The van der Waals surface area contributed by atoms with Crippen LogP contribution in [0.3, 0.4) is 0 Å². The molecule has 1 aromatic carbocycles. The summed E-state index contributed by atoms with van der Waals surface area (Å²) in [7, 11) is -3.09. The quantitative estimate of drug-likeness (QED) is 0.605. The molecule has 23 heavy (non-hydrogen) atoms. The van der Waals surface area contributed by atoms with E-state index < -0.39 is 10.0 Å². The second-order valence-electron chi connectivity index (χ2n) is 5.37. The van der Waals surface area contributed by atoms with Crippen LogP contribution in [0.5, 0.6) is 0 Å². The molecule has 1 saturated heterocycles. The number of hydrogen-bond acceptors (Lipinski definition) is 3. The number of halogens is 2. The van der Waals surface area contributed by atoms with Gasteiger partial charge in [-0.2, -0.15) is 0 Å². The first kappa shape index (κ1) is 18.3. The van der Waals surface area contributed by atoms with Crippen molar-refractivity contribution >= 4 is 39.2 Å². The fourth-order valence-electron chi connectivity index (χ4n) is 2.42. The number of guanidine groups is 1. The van der Waals surface area contributed by atoms with E-state index in [1.54, 1.807) is 12.1 Å². The molecule has 0 aliphatic carbocycles. The van der Waals surface area contributed by atoms with Crippen LogP contribution in [0.4, 0.5) is 0 Å². The Labute approximate surface area is 146 Å². The van der Waals surface area contributed by atoms with E-state index >= 15 is 0 Å². The standard InChI is InChI=1S/C14H20Cl2N4O2S/c1-10(12-4-3-11(15)9-13(12)16)19-14(17)18-5-7-20-6-2-8-23(20,21)22/h3-4,9-10H,2,5-8H2,1H3,(H3,17,18,19). The Morgan fingerprint density at radius 1 is 1.48 bits per heavy atom. The monoisotopic (exact) mass is 378 g/mol. The number of rotatable bonds is 5. The zero-order valence-corrected chi connectivity index (χ0v) is 15.1. The van der Waals surface area contributed by atoms with Gasteiger partial charge in [-0.3, -0.25) is 4.99 Å². The van der Waals surface area contributed by atoms with E-state index in [2.05, 4.69) is 10.3 Å². The highest BCUT2D eigenvalue weighted by Gasteiger charge is 2.27. The van der Waals surface area contributed by atoms with Crippen molar-refractivity contribution in [2.45, 2.75) is 19.4 Å². The van der Waals surface area contributed by atoms with Crippen LogP contribution in [-0.4, -0.2) is 44.1 Å². The first-order valence-corrected chi connectivity index (χ1v) is 9.65. The summed E-state index contributed by atoms with van der Waals surface area (Å²) >= 11 is 12.0. The molecular formula is C14H20Cl2N4O2S. The summed E-state index contributed by atoms with van der Waals surface area (Å²) in [6.07, 6.45) is 0.672. The Morgan fingerprint density at radius 2 is 2.22 bits per heavy atom. The average Bonchev–Trinajstić information content (AvgIpc) is 2.77. The summed E-state index contributed by atoms with van der Waals surface area (Å²) in [5, 5.41) is 4.15. The van der Waals surface area contributed by atoms with E-state index in [9.17, 15) is 8.42 Å². The van der Waals surface area contributed by atoms with Crippen LogP contribution in [0.15, 0.2) is 23.2 Å². The highest BCUT2D eigenvalue weighted by molar-refractivity contribution is 7.89. The number of nitrogens with zero attached hydrogens (tertiary/aromatic N) is 2. The van der Waals surface area contributed by atoms with Crippen molar-refractivity contribution in [2.75, 3.05) is 25.4 Å². The molecule has 0 spiro atoms. The van der Waals surface area contributed by atoms with Crippen LogP contribution in [0.2, 0.25) is 10.0 Å². The van der Waals surface area contributed by atoms with E-state index in [-0.39, 0.29) is 17.8 Å². The smallest absolute Gasteiger partial charge is 0.214 e. The zero-order valence-electron chi connectivity index (χ0n) is 12.8. The van der Waals surface area contributed by atoms with Crippen molar-refractivity contribution in [1.29, 1.82) is 0 Å². The summed E-state index contributed by atoms with van der Waals surface area (Å²) in [4.78, 5) is 4.17. The molecule has 1 aromatic rings. The molecule has 1 unspecified atom stereocenters. The van der Waals surface area contributed by atoms with E-state index in [4.69, 9.17) is 28.9 Å². The van der Waals surface area contributed by atoms with Gasteiger partial charge in [0, 0.05) is 23.1 Å². The van der Waals surface area contributed by atoms with Crippen molar-refractivity contribution in [3.8, 4) is 0 Å². The van der Waals surface area contributed by atoms with Crippen molar-refractivity contribution in [2.24, 2.45) is 10.7 Å². The molecule has 1 aliphatic rings. The van der Waals surface area contributed by atoms with Gasteiger partial charge in [0.1, 0.15) is 0 Å². The van der Waals surface area contributed by atoms with Crippen molar-refractivity contribution in [3.63, 3.8) is 0 Å². The van der Waals surface area contributed by atoms with Crippen LogP contribution in [0.1, 0.15) is 24.9 Å². The first-order valence-electron chi connectivity index (χ1n) is 7.29. The van der Waals surface area contributed by atoms with Crippen molar-refractivity contribution in [1.82, 2.24) is 9.62 Å². The van der Waals surface area contributed by atoms with Crippen LogP contribution in [-0.2, 0) is 10.0 Å². The number of nitrogens with one attached hydrogen (secondary N) is 1. The molecule has 0 radical (unpaired) electrons. The fourth-order valence-corrected chi connectivity index (χ4v) is 4.51. The van der Waals surface area contributed by atoms with Crippen LogP contribution in [0.25, 0.3) is 0 Å². The van der Waals surface area contributed by atoms with Gasteiger partial charge in [0.2, 0.25) is 10.0 Å². The molecule has 0 saturated carbocycles. The SMILES string of the molecule is CC(NC(N)=NCCN1CCCS1(=O)=O)c1ccc(Cl)cc1Cl. The van der Waals surface area contributed by atoms with Gasteiger partial charge in [0.05, 0.1) is 18.3 Å². The summed E-state index contributed by atoms with van der Waals surface area (Å²) in [6.45, 7) is 3.13. The number of hydrogen-bond donors (Lipinski definition) is 2. The lowest BCUT2D eigenvalue weighted by molar-refractivity contribution is 0.452. The van der Waals surface area contributed by atoms with Gasteiger partial charge < -0.3 is 11.1 Å². The maximum absolute atomic E-state index is 11.7. The topological polar surface area (TPSA) is 87.8 Å². The third-order valence-electron chi connectivity index (χ3n) is 3.63. The van der Waals surface area contributed by atoms with Gasteiger partial charge in [-0.1, -0.05) is 29.3 Å². The van der Waals surface area contributed by atoms with E-state index in [0.717, 1.165) is 5.56 Å². The lowest BCUT2D eigenvalue weighted by Gasteiger charge is -2.17. The molecule has 128 valence electrons. The molecule has 2 rings (SSSR count). The van der Waals surface area contributed by atoms with Crippen LogP contribution in [0, 0.1) is 0 Å². The predicted octanol–water partition coefficient (Wildman–Crippen LogP) is 1.99. The molecule has 9 heteroatoms. The highest BCUT2D eigenvalue weighted by Crippen LogP contribution is 2.25. The second kappa shape index (κ2) is 7.70. The van der Waals surface area contributed by atoms with Gasteiger partial charge in [-0.05, 0) is 31.0 Å². The van der Waals surface area contributed by atoms with E-state index in [0.29, 0.717) is 36.1 Å². The third kappa shape index (κ3) is 4.97. The maximum Gasteiger partial charge on any atom is 0.214 e. The Balaban J connectivity index is 1.89. The molecule has 0 bridgehead atoms. The average molecular weight is 379 g/mol. The molecule has 0 aromatic heterocycles. The molecular weight excluding hydrogens is 359 g/mol. The second-order valence-corrected chi connectivity index (χ2v) is 8.30. The van der Waals surface area contributed by atoms with Crippen molar-refractivity contribution in [3.05, 3.63) is 33.8 Å². The van der Waals surface area contributed by atoms with Gasteiger partial charge in [0.15, 0.2) is 5.96 Å². The Kier molecular flexibility index (Phi) is 6.13. The predicted molar refractivity (Wildman–Crippen MR) is 94.5 cm³/mol. The minimum atomic E-state index is -3.09. The summed E-state index contributed by atoms with van der Waals surface area (Å²) in [5.41, 5.74) is 6.70. The van der Waals surface area contributed by atoms with Gasteiger partial charge >= 0.3 is 0 Å². The lowest BCUT2D eigenvalue weighted by atomic mass is 10.1. The summed E-state index contributed by atoms with van der Waals surface area (Å²) in [5.74, 6) is 0.469. The van der Waals surface area contributed by atoms with Crippen LogP contribution >= 0.6 is 23.2 Å². The first-order chi connectivity index (χ1) is 10.8. The van der Waals surface area contributed by atoms with Crippen LogP contribution < -0.4 is 11.1 Å². The van der Waals surface area contributed by atoms with E-state index in [1.165, 1.54) is 4.31 Å². The molecule has 1 atom stereocenters. The highest BCUT2D eigenvalue weighted by atomic mass is 35.5. The number of aliphatic imine (C=N–C) groups is 1. The molecule has 1 fully saturated rings.